The van der Waals surface area contributed by atoms with Crippen LogP contribution in [0.2, 0.25) is 0 Å². The average molecular weight is 470 g/mol. The molecular formula is C36H23N. The largest absolute Gasteiger partial charge is 0.308 e. The van der Waals surface area contributed by atoms with Crippen molar-refractivity contribution in [3.8, 4) is 22.4 Å². The van der Waals surface area contributed by atoms with Crippen molar-refractivity contribution in [3.63, 3.8) is 0 Å². The number of pyridine rings is 1. The first kappa shape index (κ1) is 20.3. The summed E-state index contributed by atoms with van der Waals surface area (Å²) in [6, 6.07) is 50.8. The highest BCUT2D eigenvalue weighted by Gasteiger charge is 2.20. The first-order valence-electron chi connectivity index (χ1n) is 12.8. The van der Waals surface area contributed by atoms with Gasteiger partial charge < -0.3 is 4.40 Å². The van der Waals surface area contributed by atoms with E-state index in [9.17, 15) is 0 Å². The normalized spacial score (nSPS) is 11.8. The molecule has 8 aromatic rings. The zero-order chi connectivity index (χ0) is 24.3. The Morgan fingerprint density at radius 1 is 0.405 bits per heavy atom. The summed E-state index contributed by atoms with van der Waals surface area (Å²) in [4.78, 5) is 0. The zero-order valence-electron chi connectivity index (χ0n) is 20.2. The fourth-order valence-corrected chi connectivity index (χ4v) is 6.05. The van der Waals surface area contributed by atoms with Crippen LogP contribution in [0.3, 0.4) is 0 Å². The molecular weight excluding hydrogens is 446 g/mol. The molecule has 0 saturated heterocycles. The molecule has 0 radical (unpaired) electrons. The lowest BCUT2D eigenvalue weighted by atomic mass is 9.95. The van der Waals surface area contributed by atoms with Crippen LogP contribution in [0.5, 0.6) is 0 Å². The summed E-state index contributed by atoms with van der Waals surface area (Å²) >= 11 is 0. The van der Waals surface area contributed by atoms with E-state index in [1.807, 2.05) is 0 Å². The molecule has 2 heterocycles. The van der Waals surface area contributed by atoms with Crippen molar-refractivity contribution in [1.82, 2.24) is 4.40 Å². The SMILES string of the molecule is c1ccc(-c2cc(-c3ccccc3)n3c4cc5ccccc5cc4c4ccc5ccccc5c4c23)cc1. The van der Waals surface area contributed by atoms with Crippen molar-refractivity contribution in [2.75, 3.05) is 0 Å². The van der Waals surface area contributed by atoms with Gasteiger partial charge in [-0.05, 0) is 56.3 Å². The minimum Gasteiger partial charge on any atom is -0.308 e. The monoisotopic (exact) mass is 469 g/mol. The van der Waals surface area contributed by atoms with Crippen molar-refractivity contribution in [2.45, 2.75) is 0 Å². The number of fused-ring (bicyclic) bond motifs is 9. The minimum atomic E-state index is 1.21. The molecule has 0 saturated carbocycles. The number of aromatic nitrogens is 1. The fraction of sp³-hybridized carbons (Fsp3) is 0. The molecule has 8 rings (SSSR count). The van der Waals surface area contributed by atoms with Gasteiger partial charge in [-0.3, -0.25) is 0 Å². The first-order chi connectivity index (χ1) is 18.4. The second kappa shape index (κ2) is 7.81. The van der Waals surface area contributed by atoms with Crippen LogP contribution in [0, 0.1) is 0 Å². The molecule has 0 aliphatic carbocycles. The van der Waals surface area contributed by atoms with Crippen LogP contribution >= 0.6 is 0 Å². The second-order valence-corrected chi connectivity index (χ2v) is 9.79. The summed E-state index contributed by atoms with van der Waals surface area (Å²) in [6.07, 6.45) is 0. The molecule has 0 fully saturated rings. The third-order valence-corrected chi connectivity index (χ3v) is 7.72. The van der Waals surface area contributed by atoms with E-state index < -0.39 is 0 Å². The van der Waals surface area contributed by atoms with Gasteiger partial charge >= 0.3 is 0 Å². The lowest BCUT2D eigenvalue weighted by molar-refractivity contribution is 1.29. The Morgan fingerprint density at radius 3 is 1.78 bits per heavy atom. The molecule has 0 spiro atoms. The molecule has 2 aromatic heterocycles. The van der Waals surface area contributed by atoms with E-state index in [2.05, 4.69) is 144 Å². The Morgan fingerprint density at radius 2 is 1.03 bits per heavy atom. The molecule has 0 bridgehead atoms. The van der Waals surface area contributed by atoms with Gasteiger partial charge in [0.1, 0.15) is 0 Å². The third-order valence-electron chi connectivity index (χ3n) is 7.72. The lowest BCUT2D eigenvalue weighted by Crippen LogP contribution is -1.95. The number of benzene rings is 6. The van der Waals surface area contributed by atoms with Crippen LogP contribution in [-0.2, 0) is 0 Å². The third kappa shape index (κ3) is 2.98. The first-order valence-corrected chi connectivity index (χ1v) is 12.8. The van der Waals surface area contributed by atoms with Crippen molar-refractivity contribution >= 4 is 48.7 Å². The van der Waals surface area contributed by atoms with Crippen LogP contribution in [0.1, 0.15) is 0 Å². The standard InChI is InChI=1S/C36H23N/c1-3-11-24(12-4-1)31-23-33(26-14-5-2-6-15-26)37-34-22-28-17-8-7-16-27(28)21-32(34)30-20-19-25-13-9-10-18-29(25)35(30)36(31)37/h1-23H. The van der Waals surface area contributed by atoms with Crippen LogP contribution in [-0.4, -0.2) is 4.40 Å². The van der Waals surface area contributed by atoms with Crippen LogP contribution in [0.4, 0.5) is 0 Å². The van der Waals surface area contributed by atoms with Gasteiger partial charge in [0, 0.05) is 16.3 Å². The van der Waals surface area contributed by atoms with Gasteiger partial charge in [0.05, 0.1) is 16.7 Å². The van der Waals surface area contributed by atoms with Crippen molar-refractivity contribution in [1.29, 1.82) is 0 Å². The van der Waals surface area contributed by atoms with Gasteiger partial charge in [0.25, 0.3) is 0 Å². The van der Waals surface area contributed by atoms with Crippen LogP contribution in [0.15, 0.2) is 140 Å². The van der Waals surface area contributed by atoms with Gasteiger partial charge in [-0.1, -0.05) is 121 Å². The van der Waals surface area contributed by atoms with Gasteiger partial charge in [-0.15, -0.1) is 0 Å². The molecule has 1 nitrogen and oxygen atoms in total. The second-order valence-electron chi connectivity index (χ2n) is 9.79. The molecule has 1 heteroatoms. The lowest BCUT2D eigenvalue weighted by Gasteiger charge is -2.16. The number of hydrogen-bond donors (Lipinski definition) is 0. The highest BCUT2D eigenvalue weighted by atomic mass is 14.9. The summed E-state index contributed by atoms with van der Waals surface area (Å²) in [5, 5.41) is 8.95. The topological polar surface area (TPSA) is 4.41 Å². The quantitative estimate of drug-likeness (QED) is 0.175. The highest BCUT2D eigenvalue weighted by Crippen LogP contribution is 2.44. The summed E-state index contributed by atoms with van der Waals surface area (Å²) in [7, 11) is 0. The Kier molecular flexibility index (Phi) is 4.29. The summed E-state index contributed by atoms with van der Waals surface area (Å²) in [6.45, 7) is 0. The van der Waals surface area contributed by atoms with E-state index in [-0.39, 0.29) is 0 Å². The summed E-state index contributed by atoms with van der Waals surface area (Å²) in [5.41, 5.74) is 7.42. The number of nitrogens with zero attached hydrogens (tertiary/aromatic N) is 1. The van der Waals surface area contributed by atoms with Crippen molar-refractivity contribution < 1.29 is 0 Å². The maximum Gasteiger partial charge on any atom is 0.0626 e. The van der Waals surface area contributed by atoms with Gasteiger partial charge in [0.15, 0.2) is 0 Å². The Hall–Kier alpha value is -4.88. The van der Waals surface area contributed by atoms with Crippen LogP contribution < -0.4 is 0 Å². The zero-order valence-corrected chi connectivity index (χ0v) is 20.2. The van der Waals surface area contributed by atoms with Gasteiger partial charge in [-0.2, -0.15) is 0 Å². The summed E-state index contributed by atoms with van der Waals surface area (Å²) in [5.74, 6) is 0. The molecule has 0 unspecified atom stereocenters. The maximum atomic E-state index is 2.51. The molecule has 0 N–H and O–H groups in total. The average Bonchev–Trinajstić information content (AvgIpc) is 3.38. The van der Waals surface area contributed by atoms with E-state index in [0.717, 1.165) is 0 Å². The molecule has 0 atom stereocenters. The Bertz CT molecular complexity index is 2110. The maximum absolute atomic E-state index is 2.51. The van der Waals surface area contributed by atoms with Crippen molar-refractivity contribution in [2.24, 2.45) is 0 Å². The van der Waals surface area contributed by atoms with E-state index in [1.54, 1.807) is 0 Å². The van der Waals surface area contributed by atoms with E-state index >= 15 is 0 Å². The Balaban J connectivity index is 1.72. The van der Waals surface area contributed by atoms with E-state index in [1.165, 1.54) is 71.1 Å². The molecule has 0 aliphatic rings. The molecule has 172 valence electrons. The summed E-state index contributed by atoms with van der Waals surface area (Å²) < 4.78 is 2.51. The van der Waals surface area contributed by atoms with Crippen LogP contribution in [0.25, 0.3) is 71.1 Å². The number of rotatable bonds is 2. The molecule has 0 aliphatic heterocycles. The number of hydrogen-bond acceptors (Lipinski definition) is 0. The van der Waals surface area contributed by atoms with E-state index in [4.69, 9.17) is 0 Å². The molecule has 37 heavy (non-hydrogen) atoms. The fourth-order valence-electron chi connectivity index (χ4n) is 6.05. The predicted octanol–water partition coefficient (Wildman–Crippen LogP) is 9.89. The molecule has 0 amide bonds. The predicted molar refractivity (Wildman–Crippen MR) is 158 cm³/mol. The van der Waals surface area contributed by atoms with Gasteiger partial charge in [-0.25, -0.2) is 0 Å². The van der Waals surface area contributed by atoms with E-state index in [0.29, 0.717) is 0 Å². The van der Waals surface area contributed by atoms with Crippen molar-refractivity contribution in [3.05, 3.63) is 140 Å². The molecule has 6 aromatic carbocycles. The minimum absolute atomic E-state index is 1.21. The van der Waals surface area contributed by atoms with Gasteiger partial charge in [0.2, 0.25) is 0 Å². The highest BCUT2D eigenvalue weighted by molar-refractivity contribution is 6.26. The Labute approximate surface area is 214 Å². The smallest absolute Gasteiger partial charge is 0.0626 e.